The van der Waals surface area contributed by atoms with E-state index in [4.69, 9.17) is 4.74 Å². The number of para-hydroxylation sites is 1. The van der Waals surface area contributed by atoms with Crippen molar-refractivity contribution in [2.45, 2.75) is 70.6 Å². The molecule has 0 radical (unpaired) electrons. The van der Waals surface area contributed by atoms with Crippen LogP contribution in [-0.2, 0) is 4.79 Å². The third-order valence-electron chi connectivity index (χ3n) is 5.41. The van der Waals surface area contributed by atoms with Gasteiger partial charge in [0.05, 0.1) is 6.54 Å². The summed E-state index contributed by atoms with van der Waals surface area (Å²) < 4.78 is 6.05. The first-order valence-corrected chi connectivity index (χ1v) is 9.39. The van der Waals surface area contributed by atoms with E-state index in [1.807, 2.05) is 31.2 Å². The van der Waals surface area contributed by atoms with Crippen molar-refractivity contribution in [3.8, 4) is 5.75 Å². The highest BCUT2D eigenvalue weighted by molar-refractivity contribution is 5.76. The summed E-state index contributed by atoms with van der Waals surface area (Å²) in [4.78, 5) is 12.3. The van der Waals surface area contributed by atoms with Crippen molar-refractivity contribution in [2.75, 3.05) is 6.54 Å². The molecular formula is C20H30N2O2. The molecule has 2 bridgehead atoms. The SMILES string of the molecule is CCC(CNC(=O)CC1CC2CCC(C1)N2)Oc1ccccc1C. The molecular weight excluding hydrogens is 300 g/mol. The largest absolute Gasteiger partial charge is 0.488 e. The molecule has 1 aromatic rings. The van der Waals surface area contributed by atoms with Gasteiger partial charge in [-0.25, -0.2) is 0 Å². The van der Waals surface area contributed by atoms with Gasteiger partial charge in [-0.15, -0.1) is 0 Å². The fraction of sp³-hybridized carbons (Fsp3) is 0.650. The Hall–Kier alpha value is -1.55. The number of ether oxygens (including phenoxy) is 1. The van der Waals surface area contributed by atoms with Crippen LogP contribution in [0.1, 0.15) is 51.0 Å². The zero-order valence-electron chi connectivity index (χ0n) is 14.9. The van der Waals surface area contributed by atoms with Crippen LogP contribution < -0.4 is 15.4 Å². The van der Waals surface area contributed by atoms with Crippen LogP contribution >= 0.6 is 0 Å². The molecule has 2 heterocycles. The first-order valence-electron chi connectivity index (χ1n) is 9.39. The second-order valence-electron chi connectivity index (χ2n) is 7.40. The number of carbonyl (C=O) groups excluding carboxylic acids is 1. The number of piperidine rings is 1. The standard InChI is InChI=1S/C20H30N2O2/c1-3-18(24-19-7-5-4-6-14(19)2)13-21-20(23)12-15-10-16-8-9-17(11-15)22-16/h4-7,15-18,22H,3,8-13H2,1-2H3,(H,21,23). The summed E-state index contributed by atoms with van der Waals surface area (Å²) in [7, 11) is 0. The molecule has 4 heteroatoms. The number of aryl methyl sites for hydroxylation is 1. The van der Waals surface area contributed by atoms with Crippen molar-refractivity contribution in [1.82, 2.24) is 10.6 Å². The molecule has 2 N–H and O–H groups in total. The van der Waals surface area contributed by atoms with Crippen molar-refractivity contribution in [2.24, 2.45) is 5.92 Å². The number of hydrogen-bond donors (Lipinski definition) is 2. The summed E-state index contributed by atoms with van der Waals surface area (Å²) in [5, 5.41) is 6.72. The second-order valence-corrected chi connectivity index (χ2v) is 7.40. The van der Waals surface area contributed by atoms with Gasteiger partial charge >= 0.3 is 0 Å². The van der Waals surface area contributed by atoms with E-state index in [2.05, 4.69) is 17.6 Å². The minimum absolute atomic E-state index is 0.0271. The number of nitrogens with one attached hydrogen (secondary N) is 2. The molecule has 3 unspecified atom stereocenters. The smallest absolute Gasteiger partial charge is 0.220 e. The zero-order chi connectivity index (χ0) is 16.9. The van der Waals surface area contributed by atoms with Crippen molar-refractivity contribution in [3.05, 3.63) is 29.8 Å². The minimum Gasteiger partial charge on any atom is -0.488 e. The predicted molar refractivity (Wildman–Crippen MR) is 96.2 cm³/mol. The van der Waals surface area contributed by atoms with E-state index in [1.165, 1.54) is 12.8 Å². The van der Waals surface area contributed by atoms with Gasteiger partial charge in [0.1, 0.15) is 11.9 Å². The van der Waals surface area contributed by atoms with E-state index in [1.54, 1.807) is 0 Å². The number of benzene rings is 1. The van der Waals surface area contributed by atoms with Gasteiger partial charge in [-0.1, -0.05) is 25.1 Å². The van der Waals surface area contributed by atoms with E-state index < -0.39 is 0 Å². The molecule has 0 aromatic heterocycles. The van der Waals surface area contributed by atoms with Crippen LogP contribution in [0.2, 0.25) is 0 Å². The van der Waals surface area contributed by atoms with Gasteiger partial charge in [0.2, 0.25) is 5.91 Å². The van der Waals surface area contributed by atoms with Crippen LogP contribution in [0.25, 0.3) is 0 Å². The van der Waals surface area contributed by atoms with Crippen LogP contribution in [0.3, 0.4) is 0 Å². The lowest BCUT2D eigenvalue weighted by molar-refractivity contribution is -0.122. The van der Waals surface area contributed by atoms with E-state index >= 15 is 0 Å². The highest BCUT2D eigenvalue weighted by Crippen LogP contribution is 2.32. The Morgan fingerprint density at radius 3 is 2.67 bits per heavy atom. The molecule has 3 rings (SSSR count). The summed E-state index contributed by atoms with van der Waals surface area (Å²) in [6, 6.07) is 9.33. The van der Waals surface area contributed by atoms with E-state index in [9.17, 15) is 4.79 Å². The molecule has 1 amide bonds. The lowest BCUT2D eigenvalue weighted by Gasteiger charge is -2.28. The molecule has 0 aliphatic carbocycles. The number of amides is 1. The van der Waals surface area contributed by atoms with Gasteiger partial charge < -0.3 is 15.4 Å². The van der Waals surface area contributed by atoms with Gasteiger partial charge in [0.15, 0.2) is 0 Å². The van der Waals surface area contributed by atoms with Crippen LogP contribution in [0.15, 0.2) is 24.3 Å². The van der Waals surface area contributed by atoms with Crippen LogP contribution in [0.5, 0.6) is 5.75 Å². The summed E-state index contributed by atoms with van der Waals surface area (Å²) in [6.07, 6.45) is 6.44. The normalized spacial score (nSPS) is 26.8. The summed E-state index contributed by atoms with van der Waals surface area (Å²) in [6.45, 7) is 4.73. The monoisotopic (exact) mass is 330 g/mol. The quantitative estimate of drug-likeness (QED) is 0.807. The Bertz CT molecular complexity index is 548. The Morgan fingerprint density at radius 2 is 2.00 bits per heavy atom. The third-order valence-corrected chi connectivity index (χ3v) is 5.41. The van der Waals surface area contributed by atoms with Gasteiger partial charge in [-0.05, 0) is 56.6 Å². The lowest BCUT2D eigenvalue weighted by Crippen LogP contribution is -2.41. The van der Waals surface area contributed by atoms with Gasteiger partial charge in [-0.2, -0.15) is 0 Å². The van der Waals surface area contributed by atoms with E-state index in [0.29, 0.717) is 31.0 Å². The van der Waals surface area contributed by atoms with Crippen LogP contribution in [0, 0.1) is 12.8 Å². The highest BCUT2D eigenvalue weighted by Gasteiger charge is 2.34. The predicted octanol–water partition coefficient (Wildman–Crippen LogP) is 3.19. The zero-order valence-corrected chi connectivity index (χ0v) is 14.9. The molecule has 24 heavy (non-hydrogen) atoms. The number of carbonyl (C=O) groups is 1. The summed E-state index contributed by atoms with van der Waals surface area (Å²) in [5.41, 5.74) is 1.13. The molecule has 2 fully saturated rings. The minimum atomic E-state index is 0.0271. The Labute approximate surface area is 145 Å². The fourth-order valence-corrected chi connectivity index (χ4v) is 4.04. The van der Waals surface area contributed by atoms with Crippen molar-refractivity contribution in [1.29, 1.82) is 0 Å². The molecule has 0 spiro atoms. The lowest BCUT2D eigenvalue weighted by atomic mass is 9.89. The molecule has 2 aliphatic heterocycles. The van der Waals surface area contributed by atoms with Gasteiger partial charge in [0.25, 0.3) is 0 Å². The topological polar surface area (TPSA) is 50.4 Å². The summed E-state index contributed by atoms with van der Waals surface area (Å²) >= 11 is 0. The number of fused-ring (bicyclic) bond motifs is 2. The first-order chi connectivity index (χ1) is 11.6. The first kappa shape index (κ1) is 17.3. The molecule has 132 valence electrons. The molecule has 3 atom stereocenters. The Kier molecular flexibility index (Phi) is 5.77. The maximum absolute atomic E-state index is 12.3. The molecule has 0 saturated carbocycles. The maximum atomic E-state index is 12.3. The van der Waals surface area contributed by atoms with E-state index in [0.717, 1.165) is 30.6 Å². The highest BCUT2D eigenvalue weighted by atomic mass is 16.5. The second kappa shape index (κ2) is 8.02. The maximum Gasteiger partial charge on any atom is 0.220 e. The number of hydrogen-bond acceptors (Lipinski definition) is 3. The van der Waals surface area contributed by atoms with Gasteiger partial charge in [0, 0.05) is 18.5 Å². The number of rotatable bonds is 7. The average Bonchev–Trinajstić information content (AvgIpc) is 2.91. The Balaban J connectivity index is 1.43. The Morgan fingerprint density at radius 1 is 1.29 bits per heavy atom. The third kappa shape index (κ3) is 4.50. The molecule has 2 saturated heterocycles. The van der Waals surface area contributed by atoms with Crippen molar-refractivity contribution in [3.63, 3.8) is 0 Å². The van der Waals surface area contributed by atoms with Gasteiger partial charge in [-0.3, -0.25) is 4.79 Å². The average molecular weight is 330 g/mol. The fourth-order valence-electron chi connectivity index (χ4n) is 4.04. The summed E-state index contributed by atoms with van der Waals surface area (Å²) in [5.74, 6) is 1.63. The molecule has 1 aromatic carbocycles. The molecule has 2 aliphatic rings. The van der Waals surface area contributed by atoms with Crippen LogP contribution in [0.4, 0.5) is 0 Å². The van der Waals surface area contributed by atoms with E-state index in [-0.39, 0.29) is 12.0 Å². The van der Waals surface area contributed by atoms with Crippen molar-refractivity contribution < 1.29 is 9.53 Å². The van der Waals surface area contributed by atoms with Crippen LogP contribution in [-0.4, -0.2) is 30.6 Å². The molecule has 4 nitrogen and oxygen atoms in total. The van der Waals surface area contributed by atoms with Crippen molar-refractivity contribution >= 4 is 5.91 Å².